The van der Waals surface area contributed by atoms with Gasteiger partial charge in [-0.15, -0.1) is 11.3 Å². The Bertz CT molecular complexity index is 668. The van der Waals surface area contributed by atoms with Crippen LogP contribution in [0, 0.1) is 5.82 Å². The number of nitrogens with zero attached hydrogens (tertiary/aromatic N) is 1. The Balaban J connectivity index is 2.20. The minimum Gasteiger partial charge on any atom is -0.465 e. The van der Waals surface area contributed by atoms with Gasteiger partial charge in [-0.25, -0.2) is 4.39 Å². The SMILES string of the molecule is CCOC(=O)CN(CC)C(=O)c1cc2ccc(F)cc2s1. The van der Waals surface area contributed by atoms with E-state index in [1.165, 1.54) is 28.4 Å². The standard InChI is InChI=1S/C15H16FNO3S/c1-3-17(9-14(18)20-4-2)15(19)13-7-10-5-6-11(16)8-12(10)21-13/h5-8H,3-4,9H2,1-2H3. The van der Waals surface area contributed by atoms with Crippen LogP contribution in [0.5, 0.6) is 0 Å². The van der Waals surface area contributed by atoms with Crippen molar-refractivity contribution in [2.75, 3.05) is 19.7 Å². The summed E-state index contributed by atoms with van der Waals surface area (Å²) in [5.74, 6) is -1.01. The molecular formula is C15H16FNO3S. The molecule has 0 aliphatic heterocycles. The number of rotatable bonds is 5. The largest absolute Gasteiger partial charge is 0.465 e. The van der Waals surface area contributed by atoms with Crippen molar-refractivity contribution in [3.8, 4) is 0 Å². The fraction of sp³-hybridized carbons (Fsp3) is 0.333. The summed E-state index contributed by atoms with van der Waals surface area (Å²) in [4.78, 5) is 25.8. The zero-order valence-corrected chi connectivity index (χ0v) is 12.7. The van der Waals surface area contributed by atoms with Crippen LogP contribution in [0.4, 0.5) is 4.39 Å². The van der Waals surface area contributed by atoms with E-state index >= 15 is 0 Å². The molecule has 0 spiro atoms. The second-order valence-electron chi connectivity index (χ2n) is 4.42. The quantitative estimate of drug-likeness (QED) is 0.798. The first kappa shape index (κ1) is 15.4. The highest BCUT2D eigenvalue weighted by atomic mass is 32.1. The number of amides is 1. The highest BCUT2D eigenvalue weighted by molar-refractivity contribution is 7.20. The molecule has 0 bridgehead atoms. The van der Waals surface area contributed by atoms with Gasteiger partial charge in [-0.1, -0.05) is 6.07 Å². The van der Waals surface area contributed by atoms with Crippen molar-refractivity contribution in [3.63, 3.8) is 0 Å². The van der Waals surface area contributed by atoms with Crippen LogP contribution in [0.25, 0.3) is 10.1 Å². The zero-order chi connectivity index (χ0) is 15.4. The van der Waals surface area contributed by atoms with Crippen molar-refractivity contribution >= 4 is 33.3 Å². The van der Waals surface area contributed by atoms with Crippen molar-refractivity contribution in [2.45, 2.75) is 13.8 Å². The van der Waals surface area contributed by atoms with Crippen LogP contribution in [0.3, 0.4) is 0 Å². The van der Waals surface area contributed by atoms with Crippen LogP contribution in [-0.2, 0) is 9.53 Å². The molecule has 1 amide bonds. The van der Waals surface area contributed by atoms with E-state index in [1.54, 1.807) is 26.0 Å². The molecule has 0 fully saturated rings. The van der Waals surface area contributed by atoms with Gasteiger partial charge in [0.15, 0.2) is 0 Å². The molecule has 21 heavy (non-hydrogen) atoms. The van der Waals surface area contributed by atoms with Crippen molar-refractivity contribution < 1.29 is 18.7 Å². The molecule has 0 atom stereocenters. The number of esters is 1. The number of halogens is 1. The third-order valence-electron chi connectivity index (χ3n) is 2.99. The Hall–Kier alpha value is -1.95. The molecule has 1 heterocycles. The molecule has 6 heteroatoms. The summed E-state index contributed by atoms with van der Waals surface area (Å²) >= 11 is 1.22. The Labute approximate surface area is 126 Å². The molecule has 4 nitrogen and oxygen atoms in total. The van der Waals surface area contributed by atoms with E-state index in [0.717, 1.165) is 5.39 Å². The second kappa shape index (κ2) is 6.67. The number of likely N-dealkylation sites (N-methyl/N-ethyl adjacent to an activating group) is 1. The third-order valence-corrected chi connectivity index (χ3v) is 4.07. The third kappa shape index (κ3) is 3.58. The molecule has 0 aliphatic rings. The predicted molar refractivity (Wildman–Crippen MR) is 80.0 cm³/mol. The summed E-state index contributed by atoms with van der Waals surface area (Å²) in [6, 6.07) is 6.12. The summed E-state index contributed by atoms with van der Waals surface area (Å²) < 4.78 is 18.7. The number of carbonyl (C=O) groups is 2. The minimum absolute atomic E-state index is 0.0776. The average Bonchev–Trinajstić information content (AvgIpc) is 2.87. The summed E-state index contributed by atoms with van der Waals surface area (Å²) in [5.41, 5.74) is 0. The van der Waals surface area contributed by atoms with Gasteiger partial charge in [0.05, 0.1) is 11.5 Å². The zero-order valence-electron chi connectivity index (χ0n) is 11.9. The molecule has 0 saturated heterocycles. The molecular weight excluding hydrogens is 293 g/mol. The monoisotopic (exact) mass is 309 g/mol. The van der Waals surface area contributed by atoms with Crippen LogP contribution >= 0.6 is 11.3 Å². The number of benzene rings is 1. The Morgan fingerprint density at radius 1 is 1.29 bits per heavy atom. The lowest BCUT2D eigenvalue weighted by atomic mass is 10.2. The van der Waals surface area contributed by atoms with Crippen LogP contribution in [-0.4, -0.2) is 36.5 Å². The smallest absolute Gasteiger partial charge is 0.325 e. The number of fused-ring (bicyclic) bond motifs is 1. The number of carbonyl (C=O) groups excluding carboxylic acids is 2. The van der Waals surface area contributed by atoms with E-state index in [-0.39, 0.29) is 24.9 Å². The van der Waals surface area contributed by atoms with E-state index < -0.39 is 5.97 Å². The van der Waals surface area contributed by atoms with Crippen molar-refractivity contribution in [3.05, 3.63) is 35.0 Å². The summed E-state index contributed by atoms with van der Waals surface area (Å²) in [6.45, 7) is 4.12. The van der Waals surface area contributed by atoms with Crippen LogP contribution in [0.15, 0.2) is 24.3 Å². The second-order valence-corrected chi connectivity index (χ2v) is 5.50. The van der Waals surface area contributed by atoms with Crippen LogP contribution < -0.4 is 0 Å². The van der Waals surface area contributed by atoms with Gasteiger partial charge in [0.2, 0.25) is 0 Å². The van der Waals surface area contributed by atoms with E-state index in [0.29, 0.717) is 16.1 Å². The van der Waals surface area contributed by atoms with Crippen LogP contribution in [0.1, 0.15) is 23.5 Å². The normalized spacial score (nSPS) is 10.6. The lowest BCUT2D eigenvalue weighted by Crippen LogP contribution is -2.35. The van der Waals surface area contributed by atoms with Gasteiger partial charge >= 0.3 is 5.97 Å². The maximum absolute atomic E-state index is 13.2. The molecule has 1 aromatic heterocycles. The van der Waals surface area contributed by atoms with E-state index in [1.807, 2.05) is 0 Å². The summed E-state index contributed by atoms with van der Waals surface area (Å²) in [5, 5.41) is 0.817. The maximum atomic E-state index is 13.2. The molecule has 112 valence electrons. The van der Waals surface area contributed by atoms with Gasteiger partial charge in [-0.3, -0.25) is 9.59 Å². The van der Waals surface area contributed by atoms with Crippen molar-refractivity contribution in [2.24, 2.45) is 0 Å². The van der Waals surface area contributed by atoms with Crippen molar-refractivity contribution in [1.29, 1.82) is 0 Å². The molecule has 1 aromatic carbocycles. The Morgan fingerprint density at radius 3 is 2.71 bits per heavy atom. The Morgan fingerprint density at radius 2 is 2.05 bits per heavy atom. The lowest BCUT2D eigenvalue weighted by Gasteiger charge is -2.18. The fourth-order valence-corrected chi connectivity index (χ4v) is 3.01. The number of ether oxygens (including phenoxy) is 1. The van der Waals surface area contributed by atoms with E-state index in [4.69, 9.17) is 4.74 Å². The van der Waals surface area contributed by atoms with Gasteiger partial charge in [0.25, 0.3) is 5.91 Å². The molecule has 0 saturated carbocycles. The first-order valence-corrected chi connectivity index (χ1v) is 7.50. The summed E-state index contributed by atoms with van der Waals surface area (Å²) in [7, 11) is 0. The topological polar surface area (TPSA) is 46.6 Å². The number of thiophene rings is 1. The van der Waals surface area contributed by atoms with Crippen LogP contribution in [0.2, 0.25) is 0 Å². The van der Waals surface area contributed by atoms with E-state index in [9.17, 15) is 14.0 Å². The first-order valence-electron chi connectivity index (χ1n) is 6.69. The number of hydrogen-bond donors (Lipinski definition) is 0. The van der Waals surface area contributed by atoms with Gasteiger partial charge < -0.3 is 9.64 Å². The highest BCUT2D eigenvalue weighted by Gasteiger charge is 2.20. The van der Waals surface area contributed by atoms with Gasteiger partial charge in [0, 0.05) is 11.2 Å². The molecule has 0 unspecified atom stereocenters. The lowest BCUT2D eigenvalue weighted by molar-refractivity contribution is -0.143. The van der Waals surface area contributed by atoms with E-state index in [2.05, 4.69) is 0 Å². The molecule has 0 aliphatic carbocycles. The van der Waals surface area contributed by atoms with Crippen molar-refractivity contribution in [1.82, 2.24) is 4.90 Å². The Kier molecular flexibility index (Phi) is 4.90. The highest BCUT2D eigenvalue weighted by Crippen LogP contribution is 2.27. The first-order chi connectivity index (χ1) is 10.0. The average molecular weight is 309 g/mol. The van der Waals surface area contributed by atoms with Gasteiger partial charge in [-0.05, 0) is 37.4 Å². The molecule has 2 rings (SSSR count). The molecule has 0 N–H and O–H groups in total. The molecule has 2 aromatic rings. The maximum Gasteiger partial charge on any atom is 0.325 e. The number of hydrogen-bond acceptors (Lipinski definition) is 4. The van der Waals surface area contributed by atoms with Gasteiger partial charge in [0.1, 0.15) is 12.4 Å². The summed E-state index contributed by atoms with van der Waals surface area (Å²) in [6.07, 6.45) is 0. The predicted octanol–water partition coefficient (Wildman–Crippen LogP) is 3.07. The minimum atomic E-state index is -0.431. The fourth-order valence-electron chi connectivity index (χ4n) is 1.96. The van der Waals surface area contributed by atoms with Gasteiger partial charge in [-0.2, -0.15) is 0 Å². The molecule has 0 radical (unpaired) electrons.